The van der Waals surface area contributed by atoms with E-state index < -0.39 is 0 Å². The molecule has 0 amide bonds. The van der Waals surface area contributed by atoms with E-state index in [9.17, 15) is 4.79 Å². The van der Waals surface area contributed by atoms with Crippen molar-refractivity contribution < 1.29 is 4.74 Å². The van der Waals surface area contributed by atoms with Gasteiger partial charge in [-0.2, -0.15) is 0 Å². The number of hydrogen-bond acceptors (Lipinski definition) is 2. The van der Waals surface area contributed by atoms with E-state index in [1.165, 1.54) is 0 Å². The van der Waals surface area contributed by atoms with Crippen molar-refractivity contribution >= 4 is 10.9 Å². The average Bonchev–Trinajstić information content (AvgIpc) is 2.51. The maximum absolute atomic E-state index is 12.3. The summed E-state index contributed by atoms with van der Waals surface area (Å²) in [4.78, 5) is 12.3. The normalized spacial score (nSPS) is 10.7. The highest BCUT2D eigenvalue weighted by Crippen LogP contribution is 2.24. The molecule has 0 saturated carbocycles. The number of nitrogens with zero attached hydrogens (tertiary/aromatic N) is 1. The van der Waals surface area contributed by atoms with E-state index in [0.717, 1.165) is 22.5 Å². The second-order valence-electron chi connectivity index (χ2n) is 4.70. The van der Waals surface area contributed by atoms with Crippen molar-refractivity contribution in [2.45, 2.75) is 0 Å². The number of methoxy groups -OCH3 is 1. The van der Waals surface area contributed by atoms with E-state index in [2.05, 4.69) is 0 Å². The summed E-state index contributed by atoms with van der Waals surface area (Å²) in [7, 11) is 3.59. The lowest BCUT2D eigenvalue weighted by molar-refractivity contribution is 0.415. The lowest BCUT2D eigenvalue weighted by Gasteiger charge is -2.13. The highest BCUT2D eigenvalue weighted by Gasteiger charge is 2.08. The number of ether oxygens (including phenoxy) is 1. The van der Waals surface area contributed by atoms with E-state index in [-0.39, 0.29) is 5.43 Å². The summed E-state index contributed by atoms with van der Waals surface area (Å²) < 4.78 is 7.27. The van der Waals surface area contributed by atoms with Gasteiger partial charge in [0.2, 0.25) is 0 Å². The highest BCUT2D eigenvalue weighted by atomic mass is 16.5. The molecule has 3 heteroatoms. The molecule has 0 atom stereocenters. The summed E-state index contributed by atoms with van der Waals surface area (Å²) in [5.41, 5.74) is 2.82. The lowest BCUT2D eigenvalue weighted by Crippen LogP contribution is -2.09. The first-order valence-corrected chi connectivity index (χ1v) is 6.44. The Bertz CT molecular complexity index is 820. The van der Waals surface area contributed by atoms with Crippen molar-refractivity contribution in [3.63, 3.8) is 0 Å². The van der Waals surface area contributed by atoms with Crippen LogP contribution in [0.4, 0.5) is 0 Å². The zero-order chi connectivity index (χ0) is 14.1. The van der Waals surface area contributed by atoms with Crippen LogP contribution in [0.3, 0.4) is 0 Å². The van der Waals surface area contributed by atoms with Gasteiger partial charge in [0.1, 0.15) is 5.75 Å². The first-order valence-electron chi connectivity index (χ1n) is 6.44. The molecule has 2 aromatic carbocycles. The SMILES string of the molecule is COc1ccc2c(=O)cc(-c3ccccc3)n(C)c2c1. The Morgan fingerprint density at radius 3 is 2.45 bits per heavy atom. The van der Waals surface area contributed by atoms with Crippen LogP contribution in [-0.2, 0) is 7.05 Å². The fourth-order valence-corrected chi connectivity index (χ4v) is 2.44. The van der Waals surface area contributed by atoms with Gasteiger partial charge in [-0.1, -0.05) is 30.3 Å². The molecule has 0 spiro atoms. The van der Waals surface area contributed by atoms with Gasteiger partial charge in [-0.05, 0) is 17.7 Å². The fraction of sp³-hybridized carbons (Fsp3) is 0.118. The van der Waals surface area contributed by atoms with E-state index in [4.69, 9.17) is 4.74 Å². The molecule has 0 aliphatic carbocycles. The zero-order valence-electron chi connectivity index (χ0n) is 11.5. The first kappa shape index (κ1) is 12.5. The second kappa shape index (κ2) is 4.85. The molecule has 3 aromatic rings. The van der Waals surface area contributed by atoms with Crippen molar-refractivity contribution in [1.29, 1.82) is 0 Å². The van der Waals surface area contributed by atoms with Crippen molar-refractivity contribution in [2.24, 2.45) is 7.05 Å². The molecule has 0 saturated heterocycles. The molecule has 100 valence electrons. The highest BCUT2D eigenvalue weighted by molar-refractivity contribution is 5.83. The minimum Gasteiger partial charge on any atom is -0.497 e. The van der Waals surface area contributed by atoms with Crippen LogP contribution in [0, 0.1) is 0 Å². The average molecular weight is 265 g/mol. The maximum atomic E-state index is 12.3. The van der Waals surface area contributed by atoms with Crippen LogP contribution in [0.2, 0.25) is 0 Å². The van der Waals surface area contributed by atoms with Gasteiger partial charge in [0, 0.05) is 24.6 Å². The zero-order valence-corrected chi connectivity index (χ0v) is 11.5. The molecular formula is C17H15NO2. The Morgan fingerprint density at radius 2 is 1.75 bits per heavy atom. The third-order valence-electron chi connectivity index (χ3n) is 3.53. The minimum atomic E-state index is 0.0274. The van der Waals surface area contributed by atoms with E-state index in [1.807, 2.05) is 60.1 Å². The topological polar surface area (TPSA) is 31.2 Å². The molecule has 1 aromatic heterocycles. The summed E-state index contributed by atoms with van der Waals surface area (Å²) in [6.07, 6.45) is 0. The molecule has 0 aliphatic heterocycles. The molecule has 0 fully saturated rings. The molecule has 0 aliphatic rings. The van der Waals surface area contributed by atoms with E-state index in [0.29, 0.717) is 5.39 Å². The van der Waals surface area contributed by atoms with Crippen LogP contribution in [-0.4, -0.2) is 11.7 Å². The summed E-state index contributed by atoms with van der Waals surface area (Å²) in [6, 6.07) is 17.1. The first-order chi connectivity index (χ1) is 9.70. The van der Waals surface area contributed by atoms with Crippen LogP contribution in [0.1, 0.15) is 0 Å². The number of pyridine rings is 1. The van der Waals surface area contributed by atoms with Gasteiger partial charge in [0.25, 0.3) is 0 Å². The van der Waals surface area contributed by atoms with Gasteiger partial charge in [-0.3, -0.25) is 4.79 Å². The largest absolute Gasteiger partial charge is 0.497 e. The predicted molar refractivity (Wildman–Crippen MR) is 81.2 cm³/mol. The van der Waals surface area contributed by atoms with Crippen molar-refractivity contribution in [1.82, 2.24) is 4.57 Å². The Labute approximate surface area is 117 Å². The second-order valence-corrected chi connectivity index (χ2v) is 4.70. The number of hydrogen-bond donors (Lipinski definition) is 0. The Hall–Kier alpha value is -2.55. The standard InChI is InChI=1S/C17H15NO2/c1-18-15(12-6-4-3-5-7-12)11-17(19)14-9-8-13(20-2)10-16(14)18/h3-11H,1-2H3. The molecule has 0 N–H and O–H groups in total. The van der Waals surface area contributed by atoms with Crippen molar-refractivity contribution in [2.75, 3.05) is 7.11 Å². The Balaban J connectivity index is 2.35. The van der Waals surface area contributed by atoms with Crippen LogP contribution in [0.5, 0.6) is 5.75 Å². The van der Waals surface area contributed by atoms with Crippen LogP contribution < -0.4 is 10.2 Å². The third-order valence-corrected chi connectivity index (χ3v) is 3.53. The number of aryl methyl sites for hydroxylation is 1. The number of fused-ring (bicyclic) bond motifs is 1. The van der Waals surface area contributed by atoms with Crippen LogP contribution in [0.25, 0.3) is 22.2 Å². The molecule has 1 heterocycles. The van der Waals surface area contributed by atoms with E-state index in [1.54, 1.807) is 13.2 Å². The number of benzene rings is 2. The van der Waals surface area contributed by atoms with Gasteiger partial charge in [-0.25, -0.2) is 0 Å². The Kier molecular flexibility index (Phi) is 3.03. The summed E-state index contributed by atoms with van der Waals surface area (Å²) >= 11 is 0. The predicted octanol–water partition coefficient (Wildman–Crippen LogP) is 3.21. The molecule has 0 bridgehead atoms. The van der Waals surface area contributed by atoms with Gasteiger partial charge in [0.15, 0.2) is 5.43 Å². The lowest BCUT2D eigenvalue weighted by atomic mass is 10.1. The van der Waals surface area contributed by atoms with Gasteiger partial charge >= 0.3 is 0 Å². The van der Waals surface area contributed by atoms with Crippen molar-refractivity contribution in [3.8, 4) is 17.0 Å². The van der Waals surface area contributed by atoms with Gasteiger partial charge in [0.05, 0.1) is 18.3 Å². The molecule has 0 unspecified atom stereocenters. The van der Waals surface area contributed by atoms with E-state index >= 15 is 0 Å². The fourth-order valence-electron chi connectivity index (χ4n) is 2.44. The maximum Gasteiger partial charge on any atom is 0.190 e. The van der Waals surface area contributed by atoms with Crippen LogP contribution >= 0.6 is 0 Å². The summed E-state index contributed by atoms with van der Waals surface area (Å²) in [6.45, 7) is 0. The smallest absolute Gasteiger partial charge is 0.190 e. The molecular weight excluding hydrogens is 250 g/mol. The molecule has 0 radical (unpaired) electrons. The van der Waals surface area contributed by atoms with Crippen LogP contribution in [0.15, 0.2) is 59.4 Å². The molecule has 3 nitrogen and oxygen atoms in total. The molecule has 20 heavy (non-hydrogen) atoms. The van der Waals surface area contributed by atoms with Crippen molar-refractivity contribution in [3.05, 3.63) is 64.8 Å². The minimum absolute atomic E-state index is 0.0274. The summed E-state index contributed by atoms with van der Waals surface area (Å²) in [5, 5.41) is 0.702. The number of aromatic nitrogens is 1. The van der Waals surface area contributed by atoms with Gasteiger partial charge in [-0.15, -0.1) is 0 Å². The number of rotatable bonds is 2. The van der Waals surface area contributed by atoms with Gasteiger partial charge < -0.3 is 9.30 Å². The summed E-state index contributed by atoms with van der Waals surface area (Å²) in [5.74, 6) is 0.748. The molecule has 3 rings (SSSR count). The Morgan fingerprint density at radius 1 is 1.00 bits per heavy atom. The monoisotopic (exact) mass is 265 g/mol. The quantitative estimate of drug-likeness (QED) is 0.712. The third kappa shape index (κ3) is 1.97.